The summed E-state index contributed by atoms with van der Waals surface area (Å²) in [6, 6.07) is 18.4. The number of rotatable bonds is 13. The van der Waals surface area contributed by atoms with Crippen molar-refractivity contribution >= 4 is 50.7 Å². The molecule has 2 amide bonds. The molecule has 0 radical (unpaired) electrons. The average Bonchev–Trinajstić information content (AvgIpc) is 2.92. The number of anilines is 1. The number of hydrogen-bond donors (Lipinski definition) is 1. The zero-order valence-corrected chi connectivity index (χ0v) is 24.6. The topological polar surface area (TPSA) is 86.8 Å². The lowest BCUT2D eigenvalue weighted by Gasteiger charge is -2.33. The van der Waals surface area contributed by atoms with E-state index in [1.54, 1.807) is 6.07 Å². The Bertz CT molecular complexity index is 1420. The number of carbonyl (C=O) groups excluding carboxylic acids is 2. The Morgan fingerprint density at radius 3 is 2.30 bits per heavy atom. The summed E-state index contributed by atoms with van der Waals surface area (Å²) in [6.45, 7) is 1.45. The molecular weight excluding hydrogens is 576 g/mol. The Morgan fingerprint density at radius 2 is 1.65 bits per heavy atom. The van der Waals surface area contributed by atoms with Gasteiger partial charge in [-0.15, -0.1) is 0 Å². The number of nitrogens with one attached hydrogen (secondary N) is 1. The highest BCUT2D eigenvalue weighted by Gasteiger charge is 2.34. The van der Waals surface area contributed by atoms with E-state index >= 15 is 0 Å². The highest BCUT2D eigenvalue weighted by molar-refractivity contribution is 7.92. The second-order valence-corrected chi connectivity index (χ2v) is 12.0. The minimum Gasteiger partial charge on any atom is -0.354 e. The molecular formula is C29H32Cl2FN3O4S. The van der Waals surface area contributed by atoms with E-state index in [4.69, 9.17) is 23.2 Å². The lowest BCUT2D eigenvalue weighted by Crippen LogP contribution is -2.53. The van der Waals surface area contributed by atoms with Crippen LogP contribution in [0, 0.1) is 5.82 Å². The second kappa shape index (κ2) is 14.5. The molecule has 0 bridgehead atoms. The maximum atomic E-state index is 14.8. The maximum Gasteiger partial charge on any atom is 0.244 e. The first-order valence-corrected chi connectivity index (χ1v) is 15.4. The number of amides is 2. The minimum atomic E-state index is -4.02. The van der Waals surface area contributed by atoms with Crippen molar-refractivity contribution in [2.24, 2.45) is 0 Å². The molecule has 3 aromatic rings. The van der Waals surface area contributed by atoms with E-state index in [-0.39, 0.29) is 34.3 Å². The van der Waals surface area contributed by atoms with E-state index in [9.17, 15) is 22.4 Å². The molecule has 3 rings (SSSR count). The Morgan fingerprint density at radius 1 is 0.975 bits per heavy atom. The van der Waals surface area contributed by atoms with Gasteiger partial charge in [0.05, 0.1) is 22.0 Å². The van der Waals surface area contributed by atoms with Gasteiger partial charge in [-0.05, 0) is 30.2 Å². The largest absolute Gasteiger partial charge is 0.354 e. The third-order valence-electron chi connectivity index (χ3n) is 6.28. The summed E-state index contributed by atoms with van der Waals surface area (Å²) >= 11 is 12.5. The van der Waals surface area contributed by atoms with Crippen LogP contribution in [-0.4, -0.2) is 50.5 Å². The van der Waals surface area contributed by atoms with E-state index in [0.717, 1.165) is 29.0 Å². The van der Waals surface area contributed by atoms with Gasteiger partial charge in [-0.3, -0.25) is 13.9 Å². The van der Waals surface area contributed by atoms with Crippen molar-refractivity contribution in [1.82, 2.24) is 10.2 Å². The predicted molar refractivity (Wildman–Crippen MR) is 157 cm³/mol. The first kappa shape index (κ1) is 31.4. The minimum absolute atomic E-state index is 0.0165. The van der Waals surface area contributed by atoms with Gasteiger partial charge < -0.3 is 10.2 Å². The monoisotopic (exact) mass is 607 g/mol. The van der Waals surface area contributed by atoms with Gasteiger partial charge in [0, 0.05) is 25.1 Å². The van der Waals surface area contributed by atoms with Crippen molar-refractivity contribution in [3.63, 3.8) is 0 Å². The van der Waals surface area contributed by atoms with E-state index < -0.39 is 40.2 Å². The molecule has 0 spiro atoms. The van der Waals surface area contributed by atoms with Crippen LogP contribution in [-0.2, 0) is 32.6 Å². The van der Waals surface area contributed by atoms with Gasteiger partial charge in [0.15, 0.2) is 0 Å². The van der Waals surface area contributed by atoms with Crippen molar-refractivity contribution < 1.29 is 22.4 Å². The molecule has 3 aromatic carbocycles. The number of halogens is 3. The van der Waals surface area contributed by atoms with Gasteiger partial charge in [0.2, 0.25) is 21.8 Å². The van der Waals surface area contributed by atoms with Gasteiger partial charge in [-0.1, -0.05) is 91.1 Å². The molecule has 1 N–H and O–H groups in total. The smallest absolute Gasteiger partial charge is 0.244 e. The first-order chi connectivity index (χ1) is 19.0. The van der Waals surface area contributed by atoms with Crippen LogP contribution in [0.3, 0.4) is 0 Å². The molecule has 0 aliphatic rings. The van der Waals surface area contributed by atoms with Gasteiger partial charge in [0.1, 0.15) is 18.4 Å². The van der Waals surface area contributed by atoms with Crippen LogP contribution < -0.4 is 9.62 Å². The third-order valence-corrected chi connectivity index (χ3v) is 8.21. The molecule has 0 aromatic heterocycles. The van der Waals surface area contributed by atoms with Crippen LogP contribution in [0.5, 0.6) is 0 Å². The lowest BCUT2D eigenvalue weighted by atomic mass is 10.0. The summed E-state index contributed by atoms with van der Waals surface area (Å²) in [6.07, 6.45) is 2.67. The fourth-order valence-corrected chi connectivity index (χ4v) is 5.45. The number of hydrogen-bond acceptors (Lipinski definition) is 4. The van der Waals surface area contributed by atoms with Crippen molar-refractivity contribution in [2.75, 3.05) is 23.7 Å². The van der Waals surface area contributed by atoms with Crippen molar-refractivity contribution in [3.05, 3.63) is 99.8 Å². The molecule has 1 atom stereocenters. The Balaban J connectivity index is 2.07. The van der Waals surface area contributed by atoms with Gasteiger partial charge in [-0.25, -0.2) is 12.8 Å². The maximum absolute atomic E-state index is 14.8. The molecule has 11 heteroatoms. The molecule has 0 unspecified atom stereocenters. The first-order valence-electron chi connectivity index (χ1n) is 12.8. The average molecular weight is 609 g/mol. The summed E-state index contributed by atoms with van der Waals surface area (Å²) in [5, 5.41) is 2.95. The van der Waals surface area contributed by atoms with Crippen LogP contribution in [0.2, 0.25) is 10.0 Å². The van der Waals surface area contributed by atoms with Crippen molar-refractivity contribution in [3.8, 4) is 0 Å². The summed E-state index contributed by atoms with van der Waals surface area (Å²) in [7, 11) is -4.02. The number of carbonyl (C=O) groups is 2. The molecule has 214 valence electrons. The normalized spacial score (nSPS) is 12.0. The van der Waals surface area contributed by atoms with Gasteiger partial charge in [-0.2, -0.15) is 0 Å². The van der Waals surface area contributed by atoms with Crippen LogP contribution in [0.1, 0.15) is 30.9 Å². The fraction of sp³-hybridized carbons (Fsp3) is 0.310. The standard InChI is InChI=1S/C29H32Cl2FN3O4S/c1-3-4-17-33-29(37)26(18-21-11-6-5-7-12-21)34(19-22-13-8-9-15-24(22)32)27(36)20-35(40(2,38)39)25-16-10-14-23(30)28(25)31/h5-16,26H,3-4,17-20H2,1-2H3,(H,33,37)/t26-/m0/s1. The van der Waals surface area contributed by atoms with Crippen molar-refractivity contribution in [2.45, 2.75) is 38.8 Å². The molecule has 0 heterocycles. The SMILES string of the molecule is CCCCNC(=O)[C@H](Cc1ccccc1)N(Cc1ccccc1F)C(=O)CN(c1cccc(Cl)c1Cl)S(C)(=O)=O. The molecule has 7 nitrogen and oxygen atoms in total. The van der Waals surface area contributed by atoms with Crippen molar-refractivity contribution in [1.29, 1.82) is 0 Å². The lowest BCUT2D eigenvalue weighted by molar-refractivity contribution is -0.140. The highest BCUT2D eigenvalue weighted by Crippen LogP contribution is 2.34. The number of sulfonamides is 1. The van der Waals surface area contributed by atoms with E-state index in [1.165, 1.54) is 41.3 Å². The third kappa shape index (κ3) is 8.43. The molecule has 0 saturated heterocycles. The van der Waals surface area contributed by atoms with Gasteiger partial charge in [0.25, 0.3) is 0 Å². The number of benzene rings is 3. The highest BCUT2D eigenvalue weighted by atomic mass is 35.5. The summed E-state index contributed by atoms with van der Waals surface area (Å²) < 4.78 is 41.3. The quantitative estimate of drug-likeness (QED) is 0.262. The molecule has 40 heavy (non-hydrogen) atoms. The Hall–Kier alpha value is -3.14. The summed E-state index contributed by atoms with van der Waals surface area (Å²) in [5.74, 6) is -1.69. The van der Waals surface area contributed by atoms with E-state index in [2.05, 4.69) is 5.32 Å². The Kier molecular flexibility index (Phi) is 11.4. The summed E-state index contributed by atoms with van der Waals surface area (Å²) in [4.78, 5) is 28.7. The second-order valence-electron chi connectivity index (χ2n) is 9.31. The summed E-state index contributed by atoms with van der Waals surface area (Å²) in [5.41, 5.74) is 0.979. The van der Waals surface area contributed by atoms with Crippen LogP contribution in [0.25, 0.3) is 0 Å². The van der Waals surface area contributed by atoms with Crippen LogP contribution >= 0.6 is 23.2 Å². The van der Waals surface area contributed by atoms with Gasteiger partial charge >= 0.3 is 0 Å². The van der Waals surface area contributed by atoms with E-state index in [0.29, 0.717) is 6.54 Å². The molecule has 0 aliphatic carbocycles. The zero-order valence-electron chi connectivity index (χ0n) is 22.3. The molecule has 0 fully saturated rings. The number of unbranched alkanes of at least 4 members (excludes halogenated alkanes) is 1. The number of nitrogens with zero attached hydrogens (tertiary/aromatic N) is 2. The van der Waals surface area contributed by atoms with Crippen LogP contribution in [0.4, 0.5) is 10.1 Å². The molecule has 0 aliphatic heterocycles. The predicted octanol–water partition coefficient (Wildman–Crippen LogP) is 5.45. The van der Waals surface area contributed by atoms with E-state index in [1.807, 2.05) is 37.3 Å². The fourth-order valence-electron chi connectivity index (χ4n) is 4.15. The zero-order chi connectivity index (χ0) is 29.3. The van der Waals surface area contributed by atoms with Crippen LogP contribution in [0.15, 0.2) is 72.8 Å². The Labute approximate surface area is 244 Å². The molecule has 0 saturated carbocycles.